The second-order valence-electron chi connectivity index (χ2n) is 3.50. The van der Waals surface area contributed by atoms with Gasteiger partial charge in [0.2, 0.25) is 0 Å². The Bertz CT molecular complexity index is 513. The van der Waals surface area contributed by atoms with Crippen molar-refractivity contribution in [1.29, 1.82) is 0 Å². The van der Waals surface area contributed by atoms with Gasteiger partial charge < -0.3 is 4.74 Å². The van der Waals surface area contributed by atoms with E-state index in [1.807, 2.05) is 0 Å². The number of aryl methyl sites for hydroxylation is 2. The van der Waals surface area contributed by atoms with Crippen molar-refractivity contribution in [3.63, 3.8) is 0 Å². The molecule has 0 aliphatic rings. The van der Waals surface area contributed by atoms with E-state index in [2.05, 4.69) is 0 Å². The highest BCUT2D eigenvalue weighted by molar-refractivity contribution is 8.13. The molecule has 1 aromatic rings. The van der Waals surface area contributed by atoms with E-state index in [1.54, 1.807) is 32.1 Å². The summed E-state index contributed by atoms with van der Waals surface area (Å²) in [4.78, 5) is 0.138. The third kappa shape index (κ3) is 3.91. The Hall–Kier alpha value is -0.710. The summed E-state index contributed by atoms with van der Waals surface area (Å²) in [6.07, 6.45) is 1.64. The second kappa shape index (κ2) is 5.76. The maximum absolute atomic E-state index is 11.3. The standard InChI is InChI=1S/C11H12Cl2O3S/c1-8-6-10(16-5-3-4-12)7-9(2)11(8)17(13,14)15/h3-4,6-7H,5H2,1-2H3/b4-3+. The van der Waals surface area contributed by atoms with Crippen LogP contribution >= 0.6 is 22.3 Å². The maximum atomic E-state index is 11.3. The Morgan fingerprint density at radius 1 is 1.29 bits per heavy atom. The lowest BCUT2D eigenvalue weighted by molar-refractivity contribution is 0.362. The van der Waals surface area contributed by atoms with Gasteiger partial charge in [0.1, 0.15) is 12.4 Å². The van der Waals surface area contributed by atoms with Gasteiger partial charge in [0.05, 0.1) is 4.90 Å². The van der Waals surface area contributed by atoms with E-state index < -0.39 is 9.05 Å². The molecule has 0 aromatic heterocycles. The summed E-state index contributed by atoms with van der Waals surface area (Å²) >= 11 is 5.36. The molecular weight excluding hydrogens is 283 g/mol. The van der Waals surface area contributed by atoms with Gasteiger partial charge in [-0.3, -0.25) is 0 Å². The lowest BCUT2D eigenvalue weighted by Gasteiger charge is -2.10. The monoisotopic (exact) mass is 294 g/mol. The van der Waals surface area contributed by atoms with Crippen LogP contribution in [0.3, 0.4) is 0 Å². The normalized spacial score (nSPS) is 12.0. The van der Waals surface area contributed by atoms with Crippen molar-refractivity contribution in [2.24, 2.45) is 0 Å². The zero-order valence-corrected chi connectivity index (χ0v) is 11.7. The van der Waals surface area contributed by atoms with Crippen molar-refractivity contribution in [1.82, 2.24) is 0 Å². The van der Waals surface area contributed by atoms with Gasteiger partial charge in [0.15, 0.2) is 0 Å². The van der Waals surface area contributed by atoms with Crippen LogP contribution in [-0.2, 0) is 9.05 Å². The summed E-state index contributed by atoms with van der Waals surface area (Å²) in [6.45, 7) is 3.67. The number of benzene rings is 1. The minimum absolute atomic E-state index is 0.138. The molecule has 0 N–H and O–H groups in total. The van der Waals surface area contributed by atoms with Crippen LogP contribution in [0.15, 0.2) is 28.6 Å². The molecule has 0 heterocycles. The second-order valence-corrected chi connectivity index (χ2v) is 6.25. The van der Waals surface area contributed by atoms with Crippen LogP contribution in [0, 0.1) is 13.8 Å². The van der Waals surface area contributed by atoms with E-state index in [1.165, 1.54) is 5.54 Å². The third-order valence-electron chi connectivity index (χ3n) is 2.11. The zero-order valence-electron chi connectivity index (χ0n) is 9.41. The van der Waals surface area contributed by atoms with E-state index >= 15 is 0 Å². The van der Waals surface area contributed by atoms with Crippen molar-refractivity contribution in [2.45, 2.75) is 18.7 Å². The molecule has 0 atom stereocenters. The van der Waals surface area contributed by atoms with Crippen LogP contribution in [0.1, 0.15) is 11.1 Å². The summed E-state index contributed by atoms with van der Waals surface area (Å²) < 4.78 is 28.1. The summed E-state index contributed by atoms with van der Waals surface area (Å²) in [7, 11) is 1.63. The van der Waals surface area contributed by atoms with Gasteiger partial charge in [-0.2, -0.15) is 0 Å². The highest BCUT2D eigenvalue weighted by atomic mass is 35.7. The van der Waals surface area contributed by atoms with Crippen molar-refractivity contribution in [2.75, 3.05) is 6.61 Å². The molecule has 0 saturated carbocycles. The molecule has 0 unspecified atom stereocenters. The molecule has 0 aliphatic carbocycles. The van der Waals surface area contributed by atoms with E-state index in [0.29, 0.717) is 23.5 Å². The first-order chi connectivity index (χ1) is 7.86. The Labute approximate surface area is 110 Å². The molecule has 0 aliphatic heterocycles. The quantitative estimate of drug-likeness (QED) is 0.800. The number of halogens is 2. The van der Waals surface area contributed by atoms with Crippen molar-refractivity contribution in [3.05, 3.63) is 34.9 Å². The Morgan fingerprint density at radius 2 is 1.82 bits per heavy atom. The van der Waals surface area contributed by atoms with Crippen molar-refractivity contribution >= 4 is 31.3 Å². The predicted octanol–water partition coefficient (Wildman–Crippen LogP) is 3.36. The molecular formula is C11H12Cl2O3S. The van der Waals surface area contributed by atoms with Crippen LogP contribution in [-0.4, -0.2) is 15.0 Å². The average molecular weight is 295 g/mol. The highest BCUT2D eigenvalue weighted by Gasteiger charge is 2.17. The molecule has 0 bridgehead atoms. The van der Waals surface area contributed by atoms with E-state index in [0.717, 1.165) is 0 Å². The molecule has 0 amide bonds. The zero-order chi connectivity index (χ0) is 13.1. The SMILES string of the molecule is Cc1cc(OC/C=C/Cl)cc(C)c1S(=O)(=O)Cl. The average Bonchev–Trinajstić information content (AvgIpc) is 2.14. The summed E-state index contributed by atoms with van der Waals surface area (Å²) in [5.41, 5.74) is 2.48. The van der Waals surface area contributed by atoms with Gasteiger partial charge in [-0.05, 0) is 43.2 Å². The van der Waals surface area contributed by atoms with Gasteiger partial charge in [-0.15, -0.1) is 0 Å². The van der Waals surface area contributed by atoms with Gasteiger partial charge in [0.25, 0.3) is 9.05 Å². The predicted molar refractivity (Wildman–Crippen MR) is 69.4 cm³/mol. The number of hydrogen-bond acceptors (Lipinski definition) is 3. The molecule has 6 heteroatoms. The van der Waals surface area contributed by atoms with Gasteiger partial charge in [0, 0.05) is 16.2 Å². The molecule has 1 aromatic carbocycles. The van der Waals surface area contributed by atoms with Crippen LogP contribution in [0.5, 0.6) is 5.75 Å². The molecule has 0 saturated heterocycles. The topological polar surface area (TPSA) is 43.4 Å². The van der Waals surface area contributed by atoms with Gasteiger partial charge in [-0.1, -0.05) is 11.6 Å². The first-order valence-electron chi connectivity index (χ1n) is 4.80. The third-order valence-corrected chi connectivity index (χ3v) is 3.89. The largest absolute Gasteiger partial charge is 0.489 e. The number of rotatable bonds is 4. The van der Waals surface area contributed by atoms with Crippen LogP contribution in [0.4, 0.5) is 0 Å². The smallest absolute Gasteiger partial charge is 0.261 e. The Morgan fingerprint density at radius 3 is 2.24 bits per heavy atom. The summed E-state index contributed by atoms with van der Waals surface area (Å²) in [6, 6.07) is 3.26. The minimum Gasteiger partial charge on any atom is -0.489 e. The highest BCUT2D eigenvalue weighted by Crippen LogP contribution is 2.28. The summed E-state index contributed by atoms with van der Waals surface area (Å²) in [5, 5.41) is 0. The molecule has 94 valence electrons. The van der Waals surface area contributed by atoms with E-state index in [4.69, 9.17) is 27.0 Å². The van der Waals surface area contributed by atoms with Crippen molar-refractivity contribution in [3.8, 4) is 5.75 Å². The van der Waals surface area contributed by atoms with Crippen LogP contribution < -0.4 is 4.74 Å². The number of ether oxygens (including phenoxy) is 1. The van der Waals surface area contributed by atoms with Crippen LogP contribution in [0.2, 0.25) is 0 Å². The lowest BCUT2D eigenvalue weighted by Crippen LogP contribution is -2.01. The molecule has 0 radical (unpaired) electrons. The molecule has 3 nitrogen and oxygen atoms in total. The van der Waals surface area contributed by atoms with Crippen molar-refractivity contribution < 1.29 is 13.2 Å². The molecule has 1 rings (SSSR count). The maximum Gasteiger partial charge on any atom is 0.261 e. The van der Waals surface area contributed by atoms with Gasteiger partial charge in [-0.25, -0.2) is 8.42 Å². The Balaban J connectivity index is 3.10. The van der Waals surface area contributed by atoms with Crippen LogP contribution in [0.25, 0.3) is 0 Å². The van der Waals surface area contributed by atoms with Gasteiger partial charge >= 0.3 is 0 Å². The molecule has 0 spiro atoms. The molecule has 0 fully saturated rings. The first kappa shape index (κ1) is 14.4. The number of hydrogen-bond donors (Lipinski definition) is 0. The minimum atomic E-state index is -3.72. The fourth-order valence-corrected chi connectivity index (χ4v) is 3.25. The van der Waals surface area contributed by atoms with E-state index in [-0.39, 0.29) is 4.90 Å². The Kier molecular flexibility index (Phi) is 4.86. The fourth-order valence-electron chi connectivity index (χ4n) is 1.56. The lowest BCUT2D eigenvalue weighted by atomic mass is 10.1. The first-order valence-corrected chi connectivity index (χ1v) is 7.54. The summed E-state index contributed by atoms with van der Waals surface area (Å²) in [5.74, 6) is 0.582. The fraction of sp³-hybridized carbons (Fsp3) is 0.273. The molecule has 17 heavy (non-hydrogen) atoms. The van der Waals surface area contributed by atoms with E-state index in [9.17, 15) is 8.42 Å².